The number of aliphatic hydroxyl groups is 1. The number of nitrogens with zero attached hydrogens (tertiary/aromatic N) is 2. The summed E-state index contributed by atoms with van der Waals surface area (Å²) in [6.45, 7) is 1.84. The first-order valence-corrected chi connectivity index (χ1v) is 12.8. The number of rotatable bonds is 5. The molecule has 1 N–H and O–H groups in total. The molecule has 0 saturated carbocycles. The average Bonchev–Trinajstić information content (AvgIpc) is 3.57. The lowest BCUT2D eigenvalue weighted by Crippen LogP contribution is -2.31. The largest absolute Gasteiger partial charge is 0.503 e. The van der Waals surface area contributed by atoms with Gasteiger partial charge in [-0.15, -0.1) is 0 Å². The van der Waals surface area contributed by atoms with E-state index in [0.29, 0.717) is 26.4 Å². The zero-order valence-electron chi connectivity index (χ0n) is 20.3. The van der Waals surface area contributed by atoms with Crippen LogP contribution in [0.2, 0.25) is 5.02 Å². The molecule has 6 rings (SSSR count). The smallest absolute Gasteiger partial charge is 0.296 e. The number of carbonyl (C=O) groups excluding carboxylic acids is 2. The van der Waals surface area contributed by atoms with Crippen LogP contribution in [0.1, 0.15) is 27.7 Å². The van der Waals surface area contributed by atoms with Gasteiger partial charge in [0.05, 0.1) is 28.9 Å². The van der Waals surface area contributed by atoms with Crippen molar-refractivity contribution in [3.8, 4) is 5.75 Å². The average molecular weight is 567 g/mol. The number of hydrogen-bond acceptors (Lipinski definition) is 7. The van der Waals surface area contributed by atoms with Crippen LogP contribution in [-0.4, -0.2) is 28.9 Å². The summed E-state index contributed by atoms with van der Waals surface area (Å²) in [5, 5.41) is 12.0. The van der Waals surface area contributed by atoms with Crippen molar-refractivity contribution in [2.75, 3.05) is 12.0 Å². The monoisotopic (exact) mass is 566 g/mol. The SMILES string of the molecule is COc1cc(Cl)cc2cc(C(=O)C3=C(O)C(=O)N(c4nc5cc(F)c(F)cc5s4)C3c3cccc(C)c3)oc12. The van der Waals surface area contributed by atoms with Gasteiger partial charge in [0.2, 0.25) is 5.78 Å². The number of aliphatic hydroxyl groups excluding tert-OH is 1. The number of furan rings is 1. The number of ether oxygens (including phenoxy) is 1. The van der Waals surface area contributed by atoms with Gasteiger partial charge in [-0.25, -0.2) is 13.8 Å². The molecule has 0 saturated heterocycles. The summed E-state index contributed by atoms with van der Waals surface area (Å²) in [4.78, 5) is 32.8. The number of aromatic nitrogens is 1. The number of carbonyl (C=O) groups is 2. The predicted molar refractivity (Wildman–Crippen MR) is 143 cm³/mol. The lowest BCUT2D eigenvalue weighted by Gasteiger charge is -2.24. The fourth-order valence-electron chi connectivity index (χ4n) is 4.69. The fraction of sp³-hybridized carbons (Fsp3) is 0.107. The molecular weight excluding hydrogens is 550 g/mol. The van der Waals surface area contributed by atoms with Crippen LogP contribution in [0.5, 0.6) is 5.75 Å². The van der Waals surface area contributed by atoms with Crippen LogP contribution in [0.4, 0.5) is 13.9 Å². The molecule has 11 heteroatoms. The minimum absolute atomic E-state index is 0.0545. The fourth-order valence-corrected chi connectivity index (χ4v) is 5.90. The molecule has 1 atom stereocenters. The lowest BCUT2D eigenvalue weighted by molar-refractivity contribution is -0.117. The number of amides is 1. The number of anilines is 1. The molecule has 0 fully saturated rings. The molecule has 1 aliphatic rings. The van der Waals surface area contributed by atoms with Crippen molar-refractivity contribution in [2.45, 2.75) is 13.0 Å². The summed E-state index contributed by atoms with van der Waals surface area (Å²) in [6, 6.07) is 12.5. The normalized spacial score (nSPS) is 15.7. The molecule has 196 valence electrons. The molecule has 39 heavy (non-hydrogen) atoms. The molecule has 1 amide bonds. The Morgan fingerprint density at radius 1 is 1.15 bits per heavy atom. The van der Waals surface area contributed by atoms with Crippen LogP contribution in [0.3, 0.4) is 0 Å². The van der Waals surface area contributed by atoms with Crippen molar-refractivity contribution in [1.29, 1.82) is 0 Å². The topological polar surface area (TPSA) is 92.9 Å². The third-order valence-electron chi connectivity index (χ3n) is 6.43. The minimum Gasteiger partial charge on any atom is -0.503 e. The second-order valence-electron chi connectivity index (χ2n) is 8.95. The molecule has 0 radical (unpaired) electrons. The van der Waals surface area contributed by atoms with Crippen molar-refractivity contribution in [2.24, 2.45) is 0 Å². The number of thiazole rings is 1. The van der Waals surface area contributed by atoms with Crippen LogP contribution < -0.4 is 9.64 Å². The van der Waals surface area contributed by atoms with E-state index in [1.807, 2.05) is 13.0 Å². The molecule has 0 aliphatic carbocycles. The number of benzene rings is 3. The standard InChI is InChI=1S/C28H17ClF2N2O5S/c1-12-4-3-5-13(6-12)23-22(24(34)19-8-14-7-15(29)9-20(37-2)26(14)38-19)25(35)27(36)33(23)28-32-18-10-16(30)17(31)11-21(18)39-28/h3-11,23,35H,1-2H3. The highest BCUT2D eigenvalue weighted by atomic mass is 35.5. The van der Waals surface area contributed by atoms with Crippen LogP contribution >= 0.6 is 22.9 Å². The Kier molecular flexibility index (Phi) is 5.89. The first-order valence-electron chi connectivity index (χ1n) is 11.6. The molecule has 3 heterocycles. The van der Waals surface area contributed by atoms with Gasteiger partial charge in [0.15, 0.2) is 39.6 Å². The van der Waals surface area contributed by atoms with Crippen molar-refractivity contribution in [3.63, 3.8) is 0 Å². The van der Waals surface area contributed by atoms with Gasteiger partial charge in [0.1, 0.15) is 0 Å². The molecule has 5 aromatic rings. The molecule has 1 unspecified atom stereocenters. The van der Waals surface area contributed by atoms with Crippen molar-refractivity contribution >= 4 is 60.9 Å². The number of aryl methyl sites for hydroxylation is 1. The molecular formula is C28H17ClF2N2O5S. The maximum atomic E-state index is 13.9. The van der Waals surface area contributed by atoms with E-state index < -0.39 is 35.1 Å². The predicted octanol–water partition coefficient (Wildman–Crippen LogP) is 7.07. The number of ketones is 1. The maximum Gasteiger partial charge on any atom is 0.296 e. The first kappa shape index (κ1) is 25.0. The van der Waals surface area contributed by atoms with Gasteiger partial charge < -0.3 is 14.3 Å². The van der Waals surface area contributed by atoms with E-state index in [-0.39, 0.29) is 27.6 Å². The van der Waals surface area contributed by atoms with Gasteiger partial charge in [-0.2, -0.15) is 0 Å². The van der Waals surface area contributed by atoms with Gasteiger partial charge in [0.25, 0.3) is 5.91 Å². The quantitative estimate of drug-likeness (QED) is 0.229. The molecule has 1 aliphatic heterocycles. The van der Waals surface area contributed by atoms with Crippen molar-refractivity contribution < 1.29 is 32.6 Å². The van der Waals surface area contributed by atoms with Crippen LogP contribution in [0.25, 0.3) is 21.2 Å². The van der Waals surface area contributed by atoms with Crippen LogP contribution in [0.15, 0.2) is 70.3 Å². The molecule has 0 spiro atoms. The Morgan fingerprint density at radius 2 is 1.92 bits per heavy atom. The van der Waals surface area contributed by atoms with Crippen LogP contribution in [0, 0.1) is 18.6 Å². The van der Waals surface area contributed by atoms with Gasteiger partial charge in [-0.3, -0.25) is 14.5 Å². The summed E-state index contributed by atoms with van der Waals surface area (Å²) >= 11 is 7.09. The second kappa shape index (κ2) is 9.18. The van der Waals surface area contributed by atoms with E-state index in [1.165, 1.54) is 19.2 Å². The van der Waals surface area contributed by atoms with Gasteiger partial charge in [-0.05, 0) is 30.7 Å². The Morgan fingerprint density at radius 3 is 2.67 bits per heavy atom. The second-order valence-corrected chi connectivity index (χ2v) is 10.4. The molecule has 3 aromatic carbocycles. The minimum atomic E-state index is -1.10. The first-order chi connectivity index (χ1) is 18.7. The van der Waals surface area contributed by atoms with E-state index in [9.17, 15) is 23.5 Å². The summed E-state index contributed by atoms with van der Waals surface area (Å²) in [7, 11) is 1.43. The zero-order valence-corrected chi connectivity index (χ0v) is 21.9. The third kappa shape index (κ3) is 4.03. The maximum absolute atomic E-state index is 13.9. The third-order valence-corrected chi connectivity index (χ3v) is 7.66. The van der Waals surface area contributed by atoms with Crippen LogP contribution in [-0.2, 0) is 4.79 Å². The van der Waals surface area contributed by atoms with Crippen molar-refractivity contribution in [3.05, 3.63) is 99.5 Å². The van der Waals surface area contributed by atoms with Gasteiger partial charge in [-0.1, -0.05) is 52.8 Å². The summed E-state index contributed by atoms with van der Waals surface area (Å²) in [6.07, 6.45) is 0. The number of methoxy groups -OCH3 is 1. The number of hydrogen-bond donors (Lipinski definition) is 1. The highest BCUT2D eigenvalue weighted by Crippen LogP contribution is 2.45. The molecule has 0 bridgehead atoms. The highest BCUT2D eigenvalue weighted by Gasteiger charge is 2.46. The van der Waals surface area contributed by atoms with E-state index in [0.717, 1.165) is 33.9 Å². The Hall–Kier alpha value is -4.28. The van der Waals surface area contributed by atoms with E-state index in [2.05, 4.69) is 4.98 Å². The number of fused-ring (bicyclic) bond motifs is 2. The van der Waals surface area contributed by atoms with Crippen molar-refractivity contribution in [1.82, 2.24) is 4.98 Å². The summed E-state index contributed by atoms with van der Waals surface area (Å²) < 4.78 is 39.2. The zero-order chi connectivity index (χ0) is 27.6. The van der Waals surface area contributed by atoms with E-state index >= 15 is 0 Å². The molecule has 2 aromatic heterocycles. The summed E-state index contributed by atoms with van der Waals surface area (Å²) in [5.74, 6) is -4.38. The Labute approximate surface area is 228 Å². The summed E-state index contributed by atoms with van der Waals surface area (Å²) in [5.41, 5.74) is 1.53. The lowest BCUT2D eigenvalue weighted by atomic mass is 9.94. The highest BCUT2D eigenvalue weighted by molar-refractivity contribution is 7.22. The Balaban J connectivity index is 1.52. The van der Waals surface area contributed by atoms with Gasteiger partial charge in [0, 0.05) is 22.5 Å². The number of Topliss-reactive ketones (excluding diaryl/α,β-unsaturated/α-hetero) is 1. The van der Waals surface area contributed by atoms with Gasteiger partial charge >= 0.3 is 0 Å². The Bertz CT molecular complexity index is 1840. The molecule has 7 nitrogen and oxygen atoms in total. The number of halogens is 3. The van der Waals surface area contributed by atoms with E-state index in [4.69, 9.17) is 20.8 Å². The van der Waals surface area contributed by atoms with E-state index in [1.54, 1.807) is 24.3 Å².